The van der Waals surface area contributed by atoms with E-state index in [4.69, 9.17) is 4.74 Å². The highest BCUT2D eigenvalue weighted by Crippen LogP contribution is 2.20. The first-order valence-corrected chi connectivity index (χ1v) is 9.59. The van der Waals surface area contributed by atoms with Crippen molar-refractivity contribution in [2.45, 2.75) is 34.6 Å². The molecule has 0 unspecified atom stereocenters. The van der Waals surface area contributed by atoms with Crippen molar-refractivity contribution in [1.29, 1.82) is 0 Å². The predicted octanol–water partition coefficient (Wildman–Crippen LogP) is 3.18. The maximum absolute atomic E-state index is 12.7. The van der Waals surface area contributed by atoms with E-state index in [-0.39, 0.29) is 31.4 Å². The molecule has 2 rings (SSSR count). The van der Waals surface area contributed by atoms with Crippen molar-refractivity contribution in [3.63, 3.8) is 0 Å². The third-order valence-corrected chi connectivity index (χ3v) is 4.90. The van der Waals surface area contributed by atoms with Crippen molar-refractivity contribution in [2.24, 2.45) is 0 Å². The number of H-pyrrole nitrogens is 1. The zero-order chi connectivity index (χ0) is 21.7. The van der Waals surface area contributed by atoms with Crippen molar-refractivity contribution in [3.8, 4) is 0 Å². The summed E-state index contributed by atoms with van der Waals surface area (Å²) < 4.78 is 5.06. The quantitative estimate of drug-likeness (QED) is 0.525. The Bertz CT molecular complexity index is 930. The van der Waals surface area contributed by atoms with E-state index < -0.39 is 5.97 Å². The molecule has 1 aromatic heterocycles. The zero-order valence-electron chi connectivity index (χ0n) is 17.9. The molecule has 0 aliphatic rings. The molecule has 1 amide bonds. The molecule has 0 spiro atoms. The lowest BCUT2D eigenvalue weighted by Gasteiger charge is -2.16. The second-order valence-electron chi connectivity index (χ2n) is 7.24. The third-order valence-electron chi connectivity index (χ3n) is 4.90. The van der Waals surface area contributed by atoms with Crippen LogP contribution in [0.4, 0.5) is 5.69 Å². The Balaban J connectivity index is 2.02. The van der Waals surface area contributed by atoms with Crippen LogP contribution in [0.1, 0.15) is 50.2 Å². The number of benzene rings is 1. The highest BCUT2D eigenvalue weighted by atomic mass is 16.5. The average Bonchev–Trinajstić information content (AvgIpc) is 2.93. The number of hydrogen-bond donors (Lipinski definition) is 2. The van der Waals surface area contributed by atoms with Gasteiger partial charge < -0.3 is 15.0 Å². The molecule has 2 aromatic rings. The van der Waals surface area contributed by atoms with Crippen molar-refractivity contribution in [2.75, 3.05) is 32.1 Å². The number of carbonyl (C=O) groups is 3. The number of Topliss-reactive ketones (excluding diaryl/α,β-unsaturated/α-hetero) is 1. The number of likely N-dealkylation sites (N-methyl/N-ethyl adjacent to an activating group) is 1. The number of rotatable bonds is 8. The Morgan fingerprint density at radius 1 is 1.07 bits per heavy atom. The Hall–Kier alpha value is -2.93. The number of amides is 1. The minimum atomic E-state index is -0.445. The molecule has 0 saturated heterocycles. The average molecular weight is 399 g/mol. The van der Waals surface area contributed by atoms with E-state index >= 15 is 0 Å². The predicted molar refractivity (Wildman–Crippen MR) is 113 cm³/mol. The van der Waals surface area contributed by atoms with Crippen LogP contribution in [0.3, 0.4) is 0 Å². The summed E-state index contributed by atoms with van der Waals surface area (Å²) in [5.41, 5.74) is 4.81. The molecule has 7 heteroatoms. The van der Waals surface area contributed by atoms with E-state index in [2.05, 4.69) is 10.3 Å². The minimum Gasteiger partial charge on any atom is -0.462 e. The summed E-state index contributed by atoms with van der Waals surface area (Å²) in [6.07, 6.45) is 0. The molecule has 0 bridgehead atoms. The maximum atomic E-state index is 12.7. The summed E-state index contributed by atoms with van der Waals surface area (Å²) in [5.74, 6) is -0.831. The molecule has 156 valence electrons. The SMILES string of the molecule is CCOC(=O)c1c(C)[nH]c(C(=O)CN(C)CC(=O)Nc2cccc(C)c2C)c1C. The van der Waals surface area contributed by atoms with Crippen LogP contribution in [0, 0.1) is 27.7 Å². The van der Waals surface area contributed by atoms with Gasteiger partial charge in [0.15, 0.2) is 5.78 Å². The van der Waals surface area contributed by atoms with Crippen LogP contribution < -0.4 is 5.32 Å². The summed E-state index contributed by atoms with van der Waals surface area (Å²) in [7, 11) is 1.71. The highest BCUT2D eigenvalue weighted by Gasteiger charge is 2.23. The second kappa shape index (κ2) is 9.52. The molecule has 0 saturated carbocycles. The fraction of sp³-hybridized carbons (Fsp3) is 0.409. The van der Waals surface area contributed by atoms with Gasteiger partial charge in [0, 0.05) is 11.4 Å². The molecule has 0 aliphatic heterocycles. The van der Waals surface area contributed by atoms with Gasteiger partial charge in [-0.25, -0.2) is 4.79 Å². The van der Waals surface area contributed by atoms with Crippen molar-refractivity contribution >= 4 is 23.3 Å². The van der Waals surface area contributed by atoms with E-state index in [0.29, 0.717) is 22.5 Å². The normalized spacial score (nSPS) is 10.9. The maximum Gasteiger partial charge on any atom is 0.340 e. The van der Waals surface area contributed by atoms with Crippen LogP contribution in [0.5, 0.6) is 0 Å². The second-order valence-corrected chi connectivity index (χ2v) is 7.24. The number of aryl methyl sites for hydroxylation is 2. The molecule has 0 aliphatic carbocycles. The van der Waals surface area contributed by atoms with Gasteiger partial charge in [0.2, 0.25) is 5.91 Å². The largest absolute Gasteiger partial charge is 0.462 e. The summed E-state index contributed by atoms with van der Waals surface area (Å²) in [6.45, 7) is 9.51. The number of carbonyl (C=O) groups excluding carboxylic acids is 3. The van der Waals surface area contributed by atoms with E-state index in [1.807, 2.05) is 32.0 Å². The van der Waals surface area contributed by atoms with Crippen LogP contribution in [0.2, 0.25) is 0 Å². The van der Waals surface area contributed by atoms with Gasteiger partial charge in [0.1, 0.15) is 0 Å². The van der Waals surface area contributed by atoms with Gasteiger partial charge in [-0.3, -0.25) is 14.5 Å². The molecule has 0 fully saturated rings. The number of esters is 1. The molecular formula is C22H29N3O4. The molecule has 7 nitrogen and oxygen atoms in total. The van der Waals surface area contributed by atoms with Crippen LogP contribution in [-0.2, 0) is 9.53 Å². The molecule has 0 atom stereocenters. The first-order chi connectivity index (χ1) is 13.6. The van der Waals surface area contributed by atoms with Crippen LogP contribution in [0.15, 0.2) is 18.2 Å². The summed E-state index contributed by atoms with van der Waals surface area (Å²) in [6, 6.07) is 5.73. The van der Waals surface area contributed by atoms with Gasteiger partial charge in [0.25, 0.3) is 0 Å². The van der Waals surface area contributed by atoms with Crippen LogP contribution >= 0.6 is 0 Å². The Morgan fingerprint density at radius 2 is 1.76 bits per heavy atom. The van der Waals surface area contributed by atoms with Gasteiger partial charge in [0.05, 0.1) is 31.0 Å². The molecule has 1 heterocycles. The van der Waals surface area contributed by atoms with Gasteiger partial charge in [-0.15, -0.1) is 0 Å². The van der Waals surface area contributed by atoms with E-state index in [0.717, 1.165) is 16.8 Å². The highest BCUT2D eigenvalue weighted by molar-refractivity contribution is 6.02. The molecule has 2 N–H and O–H groups in total. The number of nitrogens with one attached hydrogen (secondary N) is 2. The standard InChI is InChI=1S/C22H29N3O4/c1-7-29-22(28)20-15(4)21(23-16(20)5)18(26)11-25(6)12-19(27)24-17-10-8-9-13(2)14(17)3/h8-10,23H,7,11-12H2,1-6H3,(H,24,27). The number of ether oxygens (including phenoxy) is 1. The third kappa shape index (κ3) is 5.32. The smallest absolute Gasteiger partial charge is 0.340 e. The minimum absolute atomic E-state index is 0.0449. The number of hydrogen-bond acceptors (Lipinski definition) is 5. The monoisotopic (exact) mass is 399 g/mol. The van der Waals surface area contributed by atoms with Crippen molar-refractivity contribution in [3.05, 3.63) is 51.8 Å². The Labute approximate surface area is 171 Å². The summed E-state index contributed by atoms with van der Waals surface area (Å²) in [4.78, 5) is 41.8. The molecule has 29 heavy (non-hydrogen) atoms. The van der Waals surface area contributed by atoms with Crippen LogP contribution in [0.25, 0.3) is 0 Å². The lowest BCUT2D eigenvalue weighted by atomic mass is 10.1. The van der Waals surface area contributed by atoms with Gasteiger partial charge in [-0.1, -0.05) is 12.1 Å². The zero-order valence-corrected chi connectivity index (χ0v) is 17.9. The molecule has 0 radical (unpaired) electrons. The summed E-state index contributed by atoms with van der Waals surface area (Å²) in [5, 5.41) is 2.89. The number of nitrogens with zero attached hydrogens (tertiary/aromatic N) is 1. The van der Waals surface area contributed by atoms with E-state index in [1.54, 1.807) is 32.7 Å². The molecule has 1 aromatic carbocycles. The fourth-order valence-electron chi connectivity index (χ4n) is 3.24. The fourth-order valence-corrected chi connectivity index (χ4v) is 3.24. The number of aromatic nitrogens is 1. The topological polar surface area (TPSA) is 91.5 Å². The van der Waals surface area contributed by atoms with Gasteiger partial charge in [-0.2, -0.15) is 0 Å². The van der Waals surface area contributed by atoms with E-state index in [1.165, 1.54) is 0 Å². The summed E-state index contributed by atoms with van der Waals surface area (Å²) >= 11 is 0. The molecular weight excluding hydrogens is 370 g/mol. The van der Waals surface area contributed by atoms with Crippen LogP contribution in [-0.4, -0.2) is 54.3 Å². The van der Waals surface area contributed by atoms with Crippen molar-refractivity contribution < 1.29 is 19.1 Å². The first kappa shape index (κ1) is 22.4. The van der Waals surface area contributed by atoms with Gasteiger partial charge in [-0.05, 0) is 64.4 Å². The number of aromatic amines is 1. The Kier molecular flexibility index (Phi) is 7.34. The first-order valence-electron chi connectivity index (χ1n) is 9.59. The van der Waals surface area contributed by atoms with E-state index in [9.17, 15) is 14.4 Å². The number of anilines is 1. The lowest BCUT2D eigenvalue weighted by Crippen LogP contribution is -2.34. The lowest BCUT2D eigenvalue weighted by molar-refractivity contribution is -0.116. The number of ketones is 1. The van der Waals surface area contributed by atoms with Gasteiger partial charge >= 0.3 is 5.97 Å². The van der Waals surface area contributed by atoms with Crippen molar-refractivity contribution in [1.82, 2.24) is 9.88 Å². The Morgan fingerprint density at radius 3 is 2.41 bits per heavy atom.